The van der Waals surface area contributed by atoms with E-state index in [-0.39, 0.29) is 6.10 Å². The highest BCUT2D eigenvalue weighted by molar-refractivity contribution is 9.09. The molecule has 2 aromatic carbocycles. The Kier molecular flexibility index (Phi) is 4.26. The van der Waals surface area contributed by atoms with Crippen LogP contribution in [0, 0.1) is 0 Å². The van der Waals surface area contributed by atoms with Crippen LogP contribution < -0.4 is 9.47 Å². The molecule has 0 amide bonds. The van der Waals surface area contributed by atoms with E-state index in [0.29, 0.717) is 6.61 Å². The van der Waals surface area contributed by atoms with Crippen molar-refractivity contribution in [1.29, 1.82) is 0 Å². The second-order valence-electron chi connectivity index (χ2n) is 4.98. The minimum Gasteiger partial charge on any atom is -0.489 e. The average molecular weight is 333 g/mol. The van der Waals surface area contributed by atoms with Crippen molar-refractivity contribution in [2.24, 2.45) is 0 Å². The Morgan fingerprint density at radius 3 is 2.80 bits per heavy atom. The van der Waals surface area contributed by atoms with E-state index in [1.54, 1.807) is 0 Å². The van der Waals surface area contributed by atoms with Crippen molar-refractivity contribution in [2.45, 2.75) is 25.6 Å². The Hall–Kier alpha value is -1.48. The summed E-state index contributed by atoms with van der Waals surface area (Å²) in [6, 6.07) is 16.3. The van der Waals surface area contributed by atoms with Crippen molar-refractivity contribution < 1.29 is 9.47 Å². The van der Waals surface area contributed by atoms with Crippen LogP contribution in [0.15, 0.2) is 48.5 Å². The van der Waals surface area contributed by atoms with Gasteiger partial charge in [0.2, 0.25) is 0 Å². The first-order chi connectivity index (χ1) is 9.85. The first-order valence-electron chi connectivity index (χ1n) is 6.87. The standard InChI is InChI=1S/C17H17BrO2/c18-11-16-9-7-14-6-8-15(10-17(14)20-16)19-12-13-4-2-1-3-5-13/h1-6,8,10,16H,7,9,11-12H2/t16-/m1/s1. The number of aryl methyl sites for hydroxylation is 1. The molecule has 3 heteroatoms. The molecule has 0 saturated carbocycles. The molecule has 2 aromatic rings. The highest BCUT2D eigenvalue weighted by atomic mass is 79.9. The van der Waals surface area contributed by atoms with Gasteiger partial charge in [0.1, 0.15) is 24.2 Å². The summed E-state index contributed by atoms with van der Waals surface area (Å²) >= 11 is 3.49. The van der Waals surface area contributed by atoms with E-state index < -0.39 is 0 Å². The van der Waals surface area contributed by atoms with Crippen molar-refractivity contribution in [3.63, 3.8) is 0 Å². The molecule has 2 nitrogen and oxygen atoms in total. The summed E-state index contributed by atoms with van der Waals surface area (Å²) in [6.07, 6.45) is 2.42. The lowest BCUT2D eigenvalue weighted by Gasteiger charge is -2.25. The lowest BCUT2D eigenvalue weighted by Crippen LogP contribution is -2.23. The zero-order chi connectivity index (χ0) is 13.8. The van der Waals surface area contributed by atoms with E-state index in [0.717, 1.165) is 29.7 Å². The summed E-state index contributed by atoms with van der Waals surface area (Å²) in [5.74, 6) is 1.83. The van der Waals surface area contributed by atoms with E-state index in [1.165, 1.54) is 11.1 Å². The molecule has 0 aliphatic carbocycles. The van der Waals surface area contributed by atoms with E-state index in [2.05, 4.69) is 34.1 Å². The number of hydrogen-bond donors (Lipinski definition) is 0. The Bertz CT molecular complexity index is 568. The monoisotopic (exact) mass is 332 g/mol. The van der Waals surface area contributed by atoms with Crippen LogP contribution in [0.5, 0.6) is 11.5 Å². The van der Waals surface area contributed by atoms with Gasteiger partial charge in [-0.15, -0.1) is 0 Å². The van der Waals surface area contributed by atoms with Crippen LogP contribution in [-0.2, 0) is 13.0 Å². The van der Waals surface area contributed by atoms with Gasteiger partial charge < -0.3 is 9.47 Å². The van der Waals surface area contributed by atoms with Gasteiger partial charge in [-0.05, 0) is 30.0 Å². The maximum atomic E-state index is 5.95. The number of benzene rings is 2. The van der Waals surface area contributed by atoms with Crippen LogP contribution in [0.4, 0.5) is 0 Å². The van der Waals surface area contributed by atoms with Gasteiger partial charge in [0, 0.05) is 11.4 Å². The Morgan fingerprint density at radius 1 is 1.15 bits per heavy atom. The highest BCUT2D eigenvalue weighted by Gasteiger charge is 2.19. The first kappa shape index (κ1) is 13.5. The minimum atomic E-state index is 0.270. The number of fused-ring (bicyclic) bond motifs is 1. The smallest absolute Gasteiger partial charge is 0.126 e. The van der Waals surface area contributed by atoms with Crippen molar-refractivity contribution in [3.8, 4) is 11.5 Å². The van der Waals surface area contributed by atoms with Gasteiger partial charge in [-0.1, -0.05) is 52.3 Å². The van der Waals surface area contributed by atoms with Crippen LogP contribution in [0.2, 0.25) is 0 Å². The molecular weight excluding hydrogens is 316 g/mol. The fraction of sp³-hybridized carbons (Fsp3) is 0.294. The minimum absolute atomic E-state index is 0.270. The number of halogens is 1. The van der Waals surface area contributed by atoms with E-state index >= 15 is 0 Å². The number of hydrogen-bond acceptors (Lipinski definition) is 2. The summed E-state index contributed by atoms with van der Waals surface area (Å²) in [7, 11) is 0. The first-order valence-corrected chi connectivity index (χ1v) is 7.99. The van der Waals surface area contributed by atoms with Gasteiger partial charge in [-0.25, -0.2) is 0 Å². The van der Waals surface area contributed by atoms with Gasteiger partial charge in [0.15, 0.2) is 0 Å². The summed E-state index contributed by atoms with van der Waals surface area (Å²) in [6.45, 7) is 0.585. The summed E-state index contributed by atoms with van der Waals surface area (Å²) in [5, 5.41) is 0.877. The van der Waals surface area contributed by atoms with Crippen molar-refractivity contribution >= 4 is 15.9 Å². The summed E-state index contributed by atoms with van der Waals surface area (Å²) in [5.41, 5.74) is 2.44. The lowest BCUT2D eigenvalue weighted by atomic mass is 10.0. The Labute approximate surface area is 127 Å². The molecule has 104 valence electrons. The molecule has 0 spiro atoms. The third kappa shape index (κ3) is 3.15. The fourth-order valence-electron chi connectivity index (χ4n) is 2.35. The Balaban J connectivity index is 1.69. The molecule has 1 aliphatic heterocycles. The highest BCUT2D eigenvalue weighted by Crippen LogP contribution is 2.32. The van der Waals surface area contributed by atoms with Crippen LogP contribution in [0.3, 0.4) is 0 Å². The molecule has 3 rings (SSSR count). The van der Waals surface area contributed by atoms with E-state index in [1.807, 2.05) is 30.3 Å². The van der Waals surface area contributed by atoms with Crippen LogP contribution in [-0.4, -0.2) is 11.4 Å². The molecule has 0 radical (unpaired) electrons. The number of alkyl halides is 1. The topological polar surface area (TPSA) is 18.5 Å². The second kappa shape index (κ2) is 6.31. The van der Waals surface area contributed by atoms with Crippen molar-refractivity contribution in [1.82, 2.24) is 0 Å². The molecule has 0 N–H and O–H groups in total. The molecule has 0 unspecified atom stereocenters. The number of rotatable bonds is 4. The quantitative estimate of drug-likeness (QED) is 0.775. The molecule has 1 aliphatic rings. The predicted octanol–water partition coefficient (Wildman–Crippen LogP) is 4.35. The van der Waals surface area contributed by atoms with E-state index in [9.17, 15) is 0 Å². The van der Waals surface area contributed by atoms with Gasteiger partial charge in [0.25, 0.3) is 0 Å². The molecule has 0 bridgehead atoms. The molecule has 0 saturated heterocycles. The lowest BCUT2D eigenvalue weighted by molar-refractivity contribution is 0.196. The third-order valence-electron chi connectivity index (χ3n) is 3.49. The molecule has 1 heterocycles. The van der Waals surface area contributed by atoms with E-state index in [4.69, 9.17) is 9.47 Å². The maximum Gasteiger partial charge on any atom is 0.126 e. The van der Waals surface area contributed by atoms with Gasteiger partial charge >= 0.3 is 0 Å². The molecular formula is C17H17BrO2. The van der Waals surface area contributed by atoms with Crippen LogP contribution >= 0.6 is 15.9 Å². The summed E-state index contributed by atoms with van der Waals surface area (Å²) in [4.78, 5) is 0. The normalized spacial score (nSPS) is 17.1. The maximum absolute atomic E-state index is 5.95. The fourth-order valence-corrected chi connectivity index (χ4v) is 2.80. The largest absolute Gasteiger partial charge is 0.489 e. The zero-order valence-electron chi connectivity index (χ0n) is 11.2. The second-order valence-corrected chi connectivity index (χ2v) is 5.62. The third-order valence-corrected chi connectivity index (χ3v) is 4.21. The Morgan fingerprint density at radius 2 is 2.00 bits per heavy atom. The van der Waals surface area contributed by atoms with Crippen molar-refractivity contribution in [2.75, 3.05) is 5.33 Å². The van der Waals surface area contributed by atoms with Gasteiger partial charge in [0.05, 0.1) is 0 Å². The molecule has 1 atom stereocenters. The number of ether oxygens (including phenoxy) is 2. The molecule has 20 heavy (non-hydrogen) atoms. The van der Waals surface area contributed by atoms with Crippen LogP contribution in [0.25, 0.3) is 0 Å². The molecule has 0 aromatic heterocycles. The SMILES string of the molecule is BrC[C@H]1CCc2ccc(OCc3ccccc3)cc2O1. The van der Waals surface area contributed by atoms with Crippen LogP contribution in [0.1, 0.15) is 17.5 Å². The zero-order valence-corrected chi connectivity index (χ0v) is 12.8. The average Bonchev–Trinajstić information content (AvgIpc) is 2.53. The molecule has 0 fully saturated rings. The summed E-state index contributed by atoms with van der Waals surface area (Å²) < 4.78 is 11.8. The predicted molar refractivity (Wildman–Crippen MR) is 83.7 cm³/mol. The van der Waals surface area contributed by atoms with Gasteiger partial charge in [-0.2, -0.15) is 0 Å². The van der Waals surface area contributed by atoms with Gasteiger partial charge in [-0.3, -0.25) is 0 Å². The van der Waals surface area contributed by atoms with Crippen molar-refractivity contribution in [3.05, 3.63) is 59.7 Å².